The van der Waals surface area contributed by atoms with Gasteiger partial charge >= 0.3 is 18.5 Å². The summed E-state index contributed by atoms with van der Waals surface area (Å²) in [5.74, 6) is -39.6. The molecule has 0 atom stereocenters. The molecule has 0 bridgehead atoms. The molecule has 54 heavy (non-hydrogen) atoms. The summed E-state index contributed by atoms with van der Waals surface area (Å²) >= 11 is 0. The highest BCUT2D eigenvalue weighted by Gasteiger charge is 2.50. The summed E-state index contributed by atoms with van der Waals surface area (Å²) in [5.41, 5.74) is -30.7. The van der Waals surface area contributed by atoms with Gasteiger partial charge in [-0.3, -0.25) is 0 Å². The van der Waals surface area contributed by atoms with Crippen molar-refractivity contribution in [2.24, 2.45) is 0 Å². The zero-order valence-electron chi connectivity index (χ0n) is 24.3. The highest BCUT2D eigenvalue weighted by atomic mass is 19.4. The first-order valence-corrected chi connectivity index (χ1v) is 12.9. The summed E-state index contributed by atoms with van der Waals surface area (Å²) in [6.45, 7) is 0. The molecule has 0 saturated heterocycles. The minimum absolute atomic E-state index is 0.587. The lowest BCUT2D eigenvalue weighted by Gasteiger charge is -2.14. The quantitative estimate of drug-likeness (QED) is 0.150. The Hall–Kier alpha value is -6.12. The van der Waals surface area contributed by atoms with E-state index in [0.717, 1.165) is 0 Å². The third-order valence-corrected chi connectivity index (χ3v) is 7.16. The van der Waals surface area contributed by atoms with Crippen LogP contribution in [0.5, 0.6) is 0 Å². The molecule has 1 fully saturated rings. The molecule has 1 aliphatic rings. The van der Waals surface area contributed by atoms with Crippen molar-refractivity contribution in [2.75, 3.05) is 0 Å². The van der Waals surface area contributed by atoms with Crippen LogP contribution in [-0.2, 0) is 18.5 Å². The van der Waals surface area contributed by atoms with Gasteiger partial charge < -0.3 is 0 Å². The van der Waals surface area contributed by atoms with Crippen LogP contribution in [0.15, 0.2) is 16.7 Å². The lowest BCUT2D eigenvalue weighted by atomic mass is 9.98. The van der Waals surface area contributed by atoms with Crippen molar-refractivity contribution in [3.05, 3.63) is 120 Å². The largest absolute Gasteiger partial charge is 0.422 e. The summed E-state index contributed by atoms with van der Waals surface area (Å²) in [7, 11) is 0. The zero-order chi connectivity index (χ0) is 41.5. The van der Waals surface area contributed by atoms with E-state index in [2.05, 4.69) is 0 Å². The topological polar surface area (TPSA) is 71.4 Å². The number of allylic oxidation sites excluding steroid dienone is 6. The van der Waals surface area contributed by atoms with Gasteiger partial charge in [-0.1, -0.05) is 0 Å². The third-order valence-electron chi connectivity index (χ3n) is 7.16. The molecule has 3 nitrogen and oxygen atoms in total. The third kappa shape index (κ3) is 6.02. The van der Waals surface area contributed by atoms with Gasteiger partial charge in [0.2, 0.25) is 0 Å². The molecule has 1 aliphatic carbocycles. The maximum absolute atomic E-state index is 15.0. The van der Waals surface area contributed by atoms with Crippen molar-refractivity contribution < 1.29 is 92.2 Å². The fourth-order valence-electron chi connectivity index (χ4n) is 4.95. The smallest absolute Gasteiger partial charge is 0.203 e. The molecule has 0 N–H and O–H groups in total. The molecule has 0 heterocycles. The Labute approximate surface area is 282 Å². The van der Waals surface area contributed by atoms with Crippen LogP contribution < -0.4 is 0 Å². The molecule has 0 amide bonds. The van der Waals surface area contributed by atoms with Crippen LogP contribution in [0.3, 0.4) is 0 Å². The predicted octanol–water partition coefficient (Wildman–Crippen LogP) is 10.7. The van der Waals surface area contributed by atoms with Gasteiger partial charge in [0.15, 0.2) is 69.8 Å². The minimum Gasteiger partial charge on any atom is -0.203 e. The Bertz CT molecular complexity index is 2070. The van der Waals surface area contributed by atoms with E-state index < -0.39 is 155 Å². The fraction of sp³-hybridized carbons (Fsp3) is 0.100. The Balaban J connectivity index is 2.38. The molecule has 3 aromatic rings. The van der Waals surface area contributed by atoms with E-state index in [9.17, 15) is 81.6 Å². The van der Waals surface area contributed by atoms with Crippen molar-refractivity contribution in [1.82, 2.24) is 0 Å². The van der Waals surface area contributed by atoms with Crippen LogP contribution >= 0.6 is 0 Å². The van der Waals surface area contributed by atoms with Crippen molar-refractivity contribution in [1.29, 1.82) is 15.8 Å². The molecule has 3 aromatic carbocycles. The first-order chi connectivity index (χ1) is 24.6. The van der Waals surface area contributed by atoms with E-state index in [1.54, 1.807) is 0 Å². The lowest BCUT2D eigenvalue weighted by Crippen LogP contribution is -2.17. The Morgan fingerprint density at radius 1 is 0.296 bits per heavy atom. The first-order valence-electron chi connectivity index (χ1n) is 12.9. The number of hydrogen-bond acceptors (Lipinski definition) is 3. The van der Waals surface area contributed by atoms with Crippen LogP contribution in [0, 0.1) is 104 Å². The van der Waals surface area contributed by atoms with E-state index >= 15 is 26.3 Å². The maximum atomic E-state index is 15.0. The van der Waals surface area contributed by atoms with E-state index in [1.165, 1.54) is 0 Å². The van der Waals surface area contributed by atoms with Crippen LogP contribution in [0.25, 0.3) is 16.7 Å². The number of halogens is 21. The molecule has 0 unspecified atom stereocenters. The number of benzene rings is 3. The molecule has 282 valence electrons. The van der Waals surface area contributed by atoms with Gasteiger partial charge in [-0.05, 0) is 0 Å². The van der Waals surface area contributed by atoms with Crippen molar-refractivity contribution in [3.8, 4) is 18.2 Å². The second kappa shape index (κ2) is 13.1. The minimum atomic E-state index is -6.27. The molecular weight excluding hydrogens is 801 g/mol. The SMILES string of the molecule is N#CC(=C1C(=C(C#N)c2c(F)c(F)c(C(F)(F)F)c(F)c2F)C1=C(C#N)c1c(F)c(F)c(C(F)(F)F)c(F)c1F)c1c(F)c(F)c(C(F)(F)F)c(F)c1F. The summed E-state index contributed by atoms with van der Waals surface area (Å²) in [4.78, 5) is 0. The van der Waals surface area contributed by atoms with Gasteiger partial charge in [-0.25, -0.2) is 52.7 Å². The highest BCUT2D eigenvalue weighted by molar-refractivity contribution is 6.12. The Morgan fingerprint density at radius 2 is 0.444 bits per heavy atom. The van der Waals surface area contributed by atoms with Crippen LogP contribution in [0.4, 0.5) is 92.2 Å². The number of alkyl halides is 9. The highest BCUT2D eigenvalue weighted by Crippen LogP contribution is 2.58. The van der Waals surface area contributed by atoms with Crippen molar-refractivity contribution in [2.45, 2.75) is 18.5 Å². The van der Waals surface area contributed by atoms with E-state index in [-0.39, 0.29) is 0 Å². The van der Waals surface area contributed by atoms with E-state index in [1.807, 2.05) is 0 Å². The number of hydrogen-bond donors (Lipinski definition) is 0. The number of nitriles is 3. The van der Waals surface area contributed by atoms with E-state index in [4.69, 9.17) is 0 Å². The van der Waals surface area contributed by atoms with Crippen LogP contribution in [-0.4, -0.2) is 0 Å². The zero-order valence-corrected chi connectivity index (χ0v) is 24.3. The summed E-state index contributed by atoms with van der Waals surface area (Å²) < 4.78 is 296. The average molecular weight is 801 g/mol. The Morgan fingerprint density at radius 3 is 0.556 bits per heavy atom. The van der Waals surface area contributed by atoms with Gasteiger partial charge in [0.25, 0.3) is 0 Å². The Kier molecular flexibility index (Phi) is 9.84. The average Bonchev–Trinajstić information content (AvgIpc) is 3.76. The van der Waals surface area contributed by atoms with Crippen LogP contribution in [0.2, 0.25) is 0 Å². The summed E-state index contributed by atoms with van der Waals surface area (Å²) in [6.07, 6.45) is -18.8. The van der Waals surface area contributed by atoms with Gasteiger partial charge in [0.05, 0.1) is 33.4 Å². The second-order valence-corrected chi connectivity index (χ2v) is 10.1. The molecule has 0 aliphatic heterocycles. The monoisotopic (exact) mass is 801 g/mol. The lowest BCUT2D eigenvalue weighted by molar-refractivity contribution is -0.144. The van der Waals surface area contributed by atoms with Gasteiger partial charge in [-0.2, -0.15) is 55.3 Å². The van der Waals surface area contributed by atoms with E-state index in [0.29, 0.717) is 18.2 Å². The molecule has 1 saturated carbocycles. The second-order valence-electron chi connectivity index (χ2n) is 10.1. The summed E-state index contributed by atoms with van der Waals surface area (Å²) in [6, 6.07) is 1.76. The van der Waals surface area contributed by atoms with Crippen molar-refractivity contribution >= 4 is 16.7 Å². The molecular formula is C30F21N3. The number of nitrogens with zero attached hydrogens (tertiary/aromatic N) is 3. The predicted molar refractivity (Wildman–Crippen MR) is 131 cm³/mol. The molecule has 0 aromatic heterocycles. The summed E-state index contributed by atoms with van der Waals surface area (Å²) in [5, 5.41) is 29.0. The molecule has 4 rings (SSSR count). The van der Waals surface area contributed by atoms with Crippen LogP contribution in [0.1, 0.15) is 33.4 Å². The molecule has 24 heteroatoms. The molecule has 0 radical (unpaired) electrons. The van der Waals surface area contributed by atoms with Gasteiger partial charge in [0, 0.05) is 16.7 Å². The number of rotatable bonds is 3. The normalized spacial score (nSPS) is 13.1. The standard InChI is InChI=1S/C30F21N3/c31-16-10(17(32)23(38)13(22(16)37)28(43,44)45)4(1-52)7-8(5(2-53)11-18(33)24(39)14(29(46,47)48)25(40)19(11)34)9(7)6(3-54)12-20(35)26(41)15(30(49,50)51)27(42)21(12)36. The fourth-order valence-corrected chi connectivity index (χ4v) is 4.95. The molecule has 0 spiro atoms. The first kappa shape index (κ1) is 40.6. The van der Waals surface area contributed by atoms with Gasteiger partial charge in [0.1, 0.15) is 34.9 Å². The maximum Gasteiger partial charge on any atom is 0.422 e. The van der Waals surface area contributed by atoms with Crippen molar-refractivity contribution in [3.63, 3.8) is 0 Å². The van der Waals surface area contributed by atoms with Gasteiger partial charge in [-0.15, -0.1) is 0 Å².